The zero-order chi connectivity index (χ0) is 13.9. The summed E-state index contributed by atoms with van der Waals surface area (Å²) in [4.78, 5) is 12.0. The van der Waals surface area contributed by atoms with E-state index in [9.17, 15) is 9.90 Å². The molecular formula is C15H22N2O2. The summed E-state index contributed by atoms with van der Waals surface area (Å²) in [7, 11) is 0. The van der Waals surface area contributed by atoms with Crippen molar-refractivity contribution in [1.82, 2.24) is 10.6 Å². The zero-order valence-corrected chi connectivity index (χ0v) is 11.6. The van der Waals surface area contributed by atoms with Gasteiger partial charge in [0.2, 0.25) is 0 Å². The number of carbonyl (C=O) groups excluding carboxylic acids is 1. The molecule has 1 heterocycles. The normalized spacial score (nSPS) is 22.7. The highest BCUT2D eigenvalue weighted by Gasteiger charge is 2.31. The van der Waals surface area contributed by atoms with Crippen LogP contribution < -0.4 is 10.6 Å². The van der Waals surface area contributed by atoms with Gasteiger partial charge in [-0.25, -0.2) is 0 Å². The van der Waals surface area contributed by atoms with Gasteiger partial charge in [0.1, 0.15) is 0 Å². The third kappa shape index (κ3) is 3.55. The maximum absolute atomic E-state index is 12.0. The van der Waals surface area contributed by atoms with E-state index in [1.807, 2.05) is 24.3 Å². The van der Waals surface area contributed by atoms with Crippen molar-refractivity contribution >= 4 is 5.91 Å². The molecule has 4 heteroatoms. The molecule has 1 aliphatic heterocycles. The van der Waals surface area contributed by atoms with Gasteiger partial charge in [-0.2, -0.15) is 0 Å². The van der Waals surface area contributed by atoms with E-state index in [2.05, 4.69) is 24.5 Å². The number of amides is 1. The Morgan fingerprint density at radius 1 is 1.42 bits per heavy atom. The predicted octanol–water partition coefficient (Wildman–Crippen LogP) is 1.26. The quantitative estimate of drug-likeness (QED) is 0.765. The van der Waals surface area contributed by atoms with Crippen LogP contribution in [0.3, 0.4) is 0 Å². The number of hydrogen-bond acceptors (Lipinski definition) is 3. The zero-order valence-electron chi connectivity index (χ0n) is 11.6. The minimum atomic E-state index is -0.798. The molecule has 0 aliphatic carbocycles. The largest absolute Gasteiger partial charge is 0.387 e. The maximum Gasteiger partial charge on any atom is 0.251 e. The van der Waals surface area contributed by atoms with Gasteiger partial charge in [-0.1, -0.05) is 26.0 Å². The number of aliphatic hydroxyl groups is 1. The third-order valence-electron chi connectivity index (χ3n) is 3.64. The molecule has 1 saturated heterocycles. The summed E-state index contributed by atoms with van der Waals surface area (Å²) in [5.41, 5.74) is 1.06. The first kappa shape index (κ1) is 14.0. The minimum absolute atomic E-state index is 0.129. The first-order valence-corrected chi connectivity index (χ1v) is 6.81. The SMILES string of the molecule is CC(C)c1ccc(C(=O)NCC2(O)CCNC2)cc1. The molecule has 0 radical (unpaired) electrons. The number of nitrogens with one attached hydrogen (secondary N) is 2. The Balaban J connectivity index is 1.92. The monoisotopic (exact) mass is 262 g/mol. The Kier molecular flexibility index (Phi) is 4.22. The molecule has 1 aromatic carbocycles. The molecule has 0 spiro atoms. The van der Waals surface area contributed by atoms with E-state index >= 15 is 0 Å². The Hall–Kier alpha value is -1.39. The van der Waals surface area contributed by atoms with Gasteiger partial charge in [0.15, 0.2) is 0 Å². The van der Waals surface area contributed by atoms with Crippen LogP contribution in [-0.4, -0.2) is 36.2 Å². The van der Waals surface area contributed by atoms with Crippen molar-refractivity contribution in [3.63, 3.8) is 0 Å². The molecule has 1 atom stereocenters. The molecular weight excluding hydrogens is 240 g/mol. The van der Waals surface area contributed by atoms with Crippen LogP contribution in [0.5, 0.6) is 0 Å². The first-order valence-electron chi connectivity index (χ1n) is 6.81. The second-order valence-electron chi connectivity index (χ2n) is 5.61. The maximum atomic E-state index is 12.0. The molecule has 1 aromatic rings. The highest BCUT2D eigenvalue weighted by atomic mass is 16.3. The van der Waals surface area contributed by atoms with E-state index in [0.717, 1.165) is 6.54 Å². The molecule has 1 fully saturated rings. The first-order chi connectivity index (χ1) is 9.00. The Morgan fingerprint density at radius 3 is 2.63 bits per heavy atom. The average Bonchev–Trinajstić information content (AvgIpc) is 2.83. The van der Waals surface area contributed by atoms with Gasteiger partial charge in [-0.3, -0.25) is 4.79 Å². The van der Waals surface area contributed by atoms with E-state index in [0.29, 0.717) is 31.0 Å². The minimum Gasteiger partial charge on any atom is -0.387 e. The summed E-state index contributed by atoms with van der Waals surface area (Å²) >= 11 is 0. The molecule has 0 bridgehead atoms. The van der Waals surface area contributed by atoms with Crippen LogP contribution in [-0.2, 0) is 0 Å². The lowest BCUT2D eigenvalue weighted by Crippen LogP contribution is -2.44. The van der Waals surface area contributed by atoms with Crippen LogP contribution in [0.2, 0.25) is 0 Å². The third-order valence-corrected chi connectivity index (χ3v) is 3.64. The standard InChI is InChI=1S/C15H22N2O2/c1-11(2)12-3-5-13(6-4-12)14(18)17-10-15(19)7-8-16-9-15/h3-6,11,16,19H,7-10H2,1-2H3,(H,17,18). The van der Waals surface area contributed by atoms with E-state index in [1.165, 1.54) is 5.56 Å². The van der Waals surface area contributed by atoms with Gasteiger partial charge in [-0.15, -0.1) is 0 Å². The smallest absolute Gasteiger partial charge is 0.251 e. The van der Waals surface area contributed by atoms with Crippen molar-refractivity contribution in [3.05, 3.63) is 35.4 Å². The van der Waals surface area contributed by atoms with Gasteiger partial charge in [0.25, 0.3) is 5.91 Å². The summed E-state index contributed by atoms with van der Waals surface area (Å²) in [6.45, 7) is 5.88. The molecule has 2 rings (SSSR count). The fourth-order valence-electron chi connectivity index (χ4n) is 2.25. The van der Waals surface area contributed by atoms with Crippen molar-refractivity contribution in [2.24, 2.45) is 0 Å². The molecule has 3 N–H and O–H groups in total. The number of carbonyl (C=O) groups is 1. The summed E-state index contributed by atoms with van der Waals surface area (Å²) in [5, 5.41) is 16.0. The average molecular weight is 262 g/mol. The van der Waals surface area contributed by atoms with Gasteiger partial charge >= 0.3 is 0 Å². The second kappa shape index (κ2) is 5.72. The number of benzene rings is 1. The Bertz CT molecular complexity index is 434. The van der Waals surface area contributed by atoms with Crippen molar-refractivity contribution < 1.29 is 9.90 Å². The highest BCUT2D eigenvalue weighted by molar-refractivity contribution is 5.94. The molecule has 0 aromatic heterocycles. The van der Waals surface area contributed by atoms with Crippen LogP contribution in [0.1, 0.15) is 42.1 Å². The summed E-state index contributed by atoms with van der Waals surface area (Å²) in [5.74, 6) is 0.331. The molecule has 19 heavy (non-hydrogen) atoms. The van der Waals surface area contributed by atoms with Crippen LogP contribution in [0.15, 0.2) is 24.3 Å². The van der Waals surface area contributed by atoms with Gasteiger partial charge in [0, 0.05) is 18.7 Å². The van der Waals surface area contributed by atoms with E-state index in [1.54, 1.807) is 0 Å². The number of rotatable bonds is 4. The van der Waals surface area contributed by atoms with Crippen molar-refractivity contribution in [2.45, 2.75) is 31.8 Å². The Morgan fingerprint density at radius 2 is 2.11 bits per heavy atom. The van der Waals surface area contributed by atoms with E-state index < -0.39 is 5.60 Å². The highest BCUT2D eigenvalue weighted by Crippen LogP contribution is 2.15. The van der Waals surface area contributed by atoms with Crippen LogP contribution in [0, 0.1) is 0 Å². The van der Waals surface area contributed by atoms with Gasteiger partial charge < -0.3 is 15.7 Å². The fourth-order valence-corrected chi connectivity index (χ4v) is 2.25. The van der Waals surface area contributed by atoms with Crippen LogP contribution in [0.25, 0.3) is 0 Å². The lowest BCUT2D eigenvalue weighted by Gasteiger charge is -2.21. The Labute approximate surface area is 114 Å². The van der Waals surface area contributed by atoms with Gasteiger partial charge in [-0.05, 0) is 36.6 Å². The molecule has 4 nitrogen and oxygen atoms in total. The van der Waals surface area contributed by atoms with Crippen molar-refractivity contribution in [1.29, 1.82) is 0 Å². The molecule has 1 amide bonds. The lowest BCUT2D eigenvalue weighted by atomic mass is 10.0. The molecule has 104 valence electrons. The van der Waals surface area contributed by atoms with Crippen molar-refractivity contribution in [3.8, 4) is 0 Å². The lowest BCUT2D eigenvalue weighted by molar-refractivity contribution is 0.0562. The van der Waals surface area contributed by atoms with Crippen LogP contribution >= 0.6 is 0 Å². The number of β-amino-alcohol motifs (C(OH)–C–C–N with tert-alkyl or cyclic N) is 1. The topological polar surface area (TPSA) is 61.4 Å². The van der Waals surface area contributed by atoms with E-state index in [-0.39, 0.29) is 5.91 Å². The second-order valence-corrected chi connectivity index (χ2v) is 5.61. The summed E-state index contributed by atoms with van der Waals surface area (Å²) in [6.07, 6.45) is 0.680. The van der Waals surface area contributed by atoms with Gasteiger partial charge in [0.05, 0.1) is 5.60 Å². The van der Waals surface area contributed by atoms with Crippen molar-refractivity contribution in [2.75, 3.05) is 19.6 Å². The predicted molar refractivity (Wildman–Crippen MR) is 75.3 cm³/mol. The number of hydrogen-bond donors (Lipinski definition) is 3. The van der Waals surface area contributed by atoms with Crippen LogP contribution in [0.4, 0.5) is 0 Å². The fraction of sp³-hybridized carbons (Fsp3) is 0.533. The summed E-state index contributed by atoms with van der Waals surface area (Å²) in [6, 6.07) is 7.63. The summed E-state index contributed by atoms with van der Waals surface area (Å²) < 4.78 is 0. The molecule has 1 aliphatic rings. The van der Waals surface area contributed by atoms with E-state index in [4.69, 9.17) is 0 Å². The molecule has 1 unspecified atom stereocenters. The molecule has 0 saturated carbocycles.